The summed E-state index contributed by atoms with van der Waals surface area (Å²) >= 11 is 1.52. The Morgan fingerprint density at radius 2 is 2.12 bits per heavy atom. The molecule has 3 rings (SSSR count). The number of carbonyl (C=O) groups is 2. The molecule has 0 spiro atoms. The van der Waals surface area contributed by atoms with Crippen molar-refractivity contribution < 1.29 is 9.59 Å². The molecule has 0 fully saturated rings. The van der Waals surface area contributed by atoms with E-state index in [-0.39, 0.29) is 11.8 Å². The fourth-order valence-corrected chi connectivity index (χ4v) is 3.79. The molecule has 1 N–H and O–H groups in total. The highest BCUT2D eigenvalue weighted by Gasteiger charge is 2.23. The number of rotatable bonds is 5. The third-order valence-corrected chi connectivity index (χ3v) is 5.07. The summed E-state index contributed by atoms with van der Waals surface area (Å²) in [6.45, 7) is 5.44. The first-order valence-corrected chi connectivity index (χ1v) is 9.71. The van der Waals surface area contributed by atoms with Crippen LogP contribution in [0.4, 0.5) is 5.69 Å². The molecule has 1 aromatic carbocycles. The van der Waals surface area contributed by atoms with Crippen LogP contribution in [0.25, 0.3) is 0 Å². The molecule has 0 unspecified atom stereocenters. The summed E-state index contributed by atoms with van der Waals surface area (Å²) in [4.78, 5) is 26.5. The summed E-state index contributed by atoms with van der Waals surface area (Å²) in [6, 6.07) is 7.98. The van der Waals surface area contributed by atoms with Gasteiger partial charge in [-0.15, -0.1) is 0 Å². The van der Waals surface area contributed by atoms with Crippen LogP contribution in [0.2, 0.25) is 0 Å². The van der Waals surface area contributed by atoms with Crippen molar-refractivity contribution in [2.24, 2.45) is 5.92 Å². The minimum Gasteiger partial charge on any atom is -0.348 e. The second-order valence-electron chi connectivity index (χ2n) is 6.90. The molecule has 0 radical (unpaired) electrons. The van der Waals surface area contributed by atoms with Crippen molar-refractivity contribution in [3.05, 3.63) is 51.7 Å². The number of benzene rings is 1. The van der Waals surface area contributed by atoms with E-state index < -0.39 is 0 Å². The minimum absolute atomic E-state index is 0.0484. The molecule has 25 heavy (non-hydrogen) atoms. The second-order valence-corrected chi connectivity index (χ2v) is 7.68. The summed E-state index contributed by atoms with van der Waals surface area (Å²) in [7, 11) is 0. The number of nitrogens with zero attached hydrogens (tertiary/aromatic N) is 1. The molecule has 4 nitrogen and oxygen atoms in total. The van der Waals surface area contributed by atoms with Gasteiger partial charge >= 0.3 is 0 Å². The highest BCUT2D eigenvalue weighted by Crippen LogP contribution is 2.29. The highest BCUT2D eigenvalue weighted by molar-refractivity contribution is 7.08. The Hall–Kier alpha value is -2.14. The van der Waals surface area contributed by atoms with E-state index in [9.17, 15) is 9.59 Å². The van der Waals surface area contributed by atoms with Gasteiger partial charge in [0.05, 0.1) is 0 Å². The van der Waals surface area contributed by atoms with Crippen molar-refractivity contribution >= 4 is 28.8 Å². The number of nitrogens with one attached hydrogen (secondary N) is 1. The van der Waals surface area contributed by atoms with E-state index >= 15 is 0 Å². The van der Waals surface area contributed by atoms with Crippen molar-refractivity contribution in [1.82, 2.24) is 5.32 Å². The number of hydrogen-bond acceptors (Lipinski definition) is 3. The standard InChI is InChI=1S/C20H24N2O2S/c1-14(2)10-19(23)22-8-3-4-16-11-15(5-6-18(16)22)12-21-20(24)17-7-9-25-13-17/h5-7,9,11,13-14H,3-4,8,10,12H2,1-2H3,(H,21,24). The van der Waals surface area contributed by atoms with Gasteiger partial charge in [-0.05, 0) is 47.4 Å². The number of thiophene rings is 1. The highest BCUT2D eigenvalue weighted by atomic mass is 32.1. The fraction of sp³-hybridized carbons (Fsp3) is 0.400. The monoisotopic (exact) mass is 356 g/mol. The molecule has 1 aromatic heterocycles. The number of fused-ring (bicyclic) bond motifs is 1. The summed E-state index contributed by atoms with van der Waals surface area (Å²) in [5.74, 6) is 0.520. The molecule has 0 saturated carbocycles. The quantitative estimate of drug-likeness (QED) is 0.880. The van der Waals surface area contributed by atoms with Crippen molar-refractivity contribution in [2.75, 3.05) is 11.4 Å². The normalized spacial score (nSPS) is 13.6. The topological polar surface area (TPSA) is 49.4 Å². The molecule has 1 aliphatic rings. The Bertz CT molecular complexity index is 753. The van der Waals surface area contributed by atoms with Crippen LogP contribution in [-0.2, 0) is 17.8 Å². The van der Waals surface area contributed by atoms with Crippen LogP contribution in [0, 0.1) is 5.92 Å². The molecular weight excluding hydrogens is 332 g/mol. The number of carbonyl (C=O) groups excluding carboxylic acids is 2. The van der Waals surface area contributed by atoms with Crippen molar-refractivity contribution in [1.29, 1.82) is 0 Å². The Balaban J connectivity index is 1.69. The largest absolute Gasteiger partial charge is 0.348 e. The Morgan fingerprint density at radius 3 is 2.84 bits per heavy atom. The van der Waals surface area contributed by atoms with Gasteiger partial charge in [0.25, 0.3) is 5.91 Å². The van der Waals surface area contributed by atoms with Gasteiger partial charge in [-0.2, -0.15) is 11.3 Å². The van der Waals surface area contributed by atoms with Crippen LogP contribution in [-0.4, -0.2) is 18.4 Å². The Morgan fingerprint density at radius 1 is 1.28 bits per heavy atom. The molecule has 2 heterocycles. The van der Waals surface area contributed by atoms with Gasteiger partial charge in [0, 0.05) is 36.1 Å². The smallest absolute Gasteiger partial charge is 0.252 e. The van der Waals surface area contributed by atoms with Crippen molar-refractivity contribution in [2.45, 2.75) is 39.7 Å². The molecular formula is C20H24N2O2S. The summed E-state index contributed by atoms with van der Waals surface area (Å²) in [5, 5.41) is 6.70. The number of hydrogen-bond donors (Lipinski definition) is 1. The van der Waals surface area contributed by atoms with E-state index in [4.69, 9.17) is 0 Å². The molecule has 0 saturated heterocycles. The summed E-state index contributed by atoms with van der Waals surface area (Å²) in [5.41, 5.74) is 4.00. The van der Waals surface area contributed by atoms with E-state index in [0.717, 1.165) is 30.6 Å². The maximum absolute atomic E-state index is 12.5. The average Bonchev–Trinajstić information content (AvgIpc) is 3.13. The van der Waals surface area contributed by atoms with Gasteiger partial charge in [-0.3, -0.25) is 9.59 Å². The number of anilines is 1. The molecule has 1 aliphatic heterocycles. The first-order valence-electron chi connectivity index (χ1n) is 8.77. The summed E-state index contributed by atoms with van der Waals surface area (Å²) in [6.07, 6.45) is 2.55. The van der Waals surface area contributed by atoms with E-state index in [2.05, 4.69) is 25.2 Å². The van der Waals surface area contributed by atoms with Crippen LogP contribution in [0.1, 0.15) is 48.2 Å². The lowest BCUT2D eigenvalue weighted by atomic mass is 9.98. The molecule has 0 bridgehead atoms. The van der Waals surface area contributed by atoms with Crippen LogP contribution >= 0.6 is 11.3 Å². The van der Waals surface area contributed by atoms with E-state index in [1.165, 1.54) is 16.9 Å². The van der Waals surface area contributed by atoms with Gasteiger partial charge in [-0.1, -0.05) is 26.0 Å². The Labute approximate surface area is 152 Å². The predicted octanol–water partition coefficient (Wildman–Crippen LogP) is 4.00. The maximum Gasteiger partial charge on any atom is 0.252 e. The maximum atomic E-state index is 12.5. The summed E-state index contributed by atoms with van der Waals surface area (Å²) < 4.78 is 0. The third-order valence-electron chi connectivity index (χ3n) is 4.38. The van der Waals surface area contributed by atoms with E-state index in [1.807, 2.05) is 33.9 Å². The van der Waals surface area contributed by atoms with Gasteiger partial charge < -0.3 is 10.2 Å². The first kappa shape index (κ1) is 17.7. The zero-order valence-corrected chi connectivity index (χ0v) is 15.6. The second kappa shape index (κ2) is 7.83. The van der Waals surface area contributed by atoms with Gasteiger partial charge in [0.1, 0.15) is 0 Å². The lowest BCUT2D eigenvalue weighted by Gasteiger charge is -2.30. The molecule has 0 atom stereocenters. The van der Waals surface area contributed by atoms with Gasteiger partial charge in [-0.25, -0.2) is 0 Å². The fourth-order valence-electron chi connectivity index (χ4n) is 3.16. The number of amides is 2. The molecule has 132 valence electrons. The molecule has 2 aromatic rings. The van der Waals surface area contributed by atoms with Crippen molar-refractivity contribution in [3.63, 3.8) is 0 Å². The minimum atomic E-state index is -0.0484. The molecule has 2 amide bonds. The third kappa shape index (κ3) is 4.28. The van der Waals surface area contributed by atoms with Gasteiger partial charge in [0.15, 0.2) is 0 Å². The Kier molecular flexibility index (Phi) is 5.53. The van der Waals surface area contributed by atoms with Crippen LogP contribution in [0.3, 0.4) is 0 Å². The van der Waals surface area contributed by atoms with Crippen molar-refractivity contribution in [3.8, 4) is 0 Å². The van der Waals surface area contributed by atoms with Crippen LogP contribution < -0.4 is 10.2 Å². The predicted molar refractivity (Wildman–Crippen MR) is 102 cm³/mol. The van der Waals surface area contributed by atoms with Crippen LogP contribution in [0.5, 0.6) is 0 Å². The lowest BCUT2D eigenvalue weighted by molar-refractivity contribution is -0.119. The molecule has 5 heteroatoms. The van der Waals surface area contributed by atoms with Gasteiger partial charge in [0.2, 0.25) is 5.91 Å². The number of aryl methyl sites for hydroxylation is 1. The average molecular weight is 356 g/mol. The first-order chi connectivity index (χ1) is 12.0. The SMILES string of the molecule is CC(C)CC(=O)N1CCCc2cc(CNC(=O)c3ccsc3)ccc21. The van der Waals surface area contributed by atoms with Crippen LogP contribution in [0.15, 0.2) is 35.0 Å². The van der Waals surface area contributed by atoms with E-state index in [1.54, 1.807) is 0 Å². The van der Waals surface area contributed by atoms with E-state index in [0.29, 0.717) is 24.4 Å². The zero-order valence-electron chi connectivity index (χ0n) is 14.7. The molecule has 0 aliphatic carbocycles. The lowest BCUT2D eigenvalue weighted by Crippen LogP contribution is -2.36. The zero-order chi connectivity index (χ0) is 17.8.